The Labute approximate surface area is 113 Å². The van der Waals surface area contributed by atoms with Gasteiger partial charge in [0.25, 0.3) is 5.56 Å². The smallest absolute Gasteiger partial charge is 0.329 e. The Morgan fingerprint density at radius 3 is 2.74 bits per heavy atom. The van der Waals surface area contributed by atoms with Gasteiger partial charge in [0.2, 0.25) is 0 Å². The fourth-order valence-electron chi connectivity index (χ4n) is 2.60. The third-order valence-electron chi connectivity index (χ3n) is 3.68. The van der Waals surface area contributed by atoms with Crippen molar-refractivity contribution in [3.63, 3.8) is 0 Å². The molecule has 1 aromatic rings. The molecule has 1 atom stereocenters. The van der Waals surface area contributed by atoms with Gasteiger partial charge in [-0.2, -0.15) is 0 Å². The molecule has 0 aromatic carbocycles. The first kappa shape index (κ1) is 13.8. The molecule has 1 fully saturated rings. The highest BCUT2D eigenvalue weighted by molar-refractivity contribution is 5.74. The SMILES string of the molecule is CCC(C(=O)OC1CCCCC1)n1ccccc1=O. The molecular formula is C15H21NO3. The highest BCUT2D eigenvalue weighted by Crippen LogP contribution is 2.22. The lowest BCUT2D eigenvalue weighted by Gasteiger charge is -2.25. The molecule has 1 saturated carbocycles. The number of ether oxygens (including phenoxy) is 1. The van der Waals surface area contributed by atoms with Gasteiger partial charge in [-0.1, -0.05) is 19.4 Å². The van der Waals surface area contributed by atoms with Crippen molar-refractivity contribution in [3.05, 3.63) is 34.7 Å². The molecule has 1 heterocycles. The zero-order valence-corrected chi connectivity index (χ0v) is 11.4. The predicted octanol–water partition coefficient (Wildman–Crippen LogP) is 2.68. The van der Waals surface area contributed by atoms with E-state index in [0.717, 1.165) is 25.7 Å². The molecule has 1 aliphatic carbocycles. The number of esters is 1. The lowest BCUT2D eigenvalue weighted by Crippen LogP contribution is -2.32. The standard InChI is InChI=1S/C15H21NO3/c1-2-13(16-11-7-6-10-14(16)17)15(18)19-12-8-4-3-5-9-12/h6-7,10-13H,2-5,8-9H2,1H3. The van der Waals surface area contributed by atoms with Crippen molar-refractivity contribution in [3.8, 4) is 0 Å². The van der Waals surface area contributed by atoms with E-state index in [1.807, 2.05) is 6.92 Å². The number of nitrogens with zero attached hydrogens (tertiary/aromatic N) is 1. The molecule has 104 valence electrons. The molecule has 19 heavy (non-hydrogen) atoms. The quantitative estimate of drug-likeness (QED) is 0.785. The van der Waals surface area contributed by atoms with E-state index in [4.69, 9.17) is 4.74 Å². The topological polar surface area (TPSA) is 48.3 Å². The lowest BCUT2D eigenvalue weighted by atomic mass is 9.98. The first-order chi connectivity index (χ1) is 9.22. The second-order valence-corrected chi connectivity index (χ2v) is 5.07. The van der Waals surface area contributed by atoms with Crippen LogP contribution in [0.4, 0.5) is 0 Å². The lowest BCUT2D eigenvalue weighted by molar-refractivity contribution is -0.154. The van der Waals surface area contributed by atoms with Gasteiger partial charge in [-0.25, -0.2) is 4.79 Å². The molecule has 0 amide bonds. The summed E-state index contributed by atoms with van der Waals surface area (Å²) in [6.45, 7) is 1.90. The summed E-state index contributed by atoms with van der Waals surface area (Å²) >= 11 is 0. The Morgan fingerprint density at radius 1 is 1.37 bits per heavy atom. The minimum Gasteiger partial charge on any atom is -0.461 e. The third kappa shape index (κ3) is 3.46. The molecule has 0 saturated heterocycles. The van der Waals surface area contributed by atoms with Gasteiger partial charge in [-0.15, -0.1) is 0 Å². The summed E-state index contributed by atoms with van der Waals surface area (Å²) in [5.74, 6) is -0.275. The number of hydrogen-bond acceptors (Lipinski definition) is 3. The number of carbonyl (C=O) groups excluding carboxylic acids is 1. The summed E-state index contributed by atoms with van der Waals surface area (Å²) in [6.07, 6.45) is 7.63. The van der Waals surface area contributed by atoms with Gasteiger partial charge in [-0.3, -0.25) is 4.79 Å². The van der Waals surface area contributed by atoms with Crippen molar-refractivity contribution in [2.45, 2.75) is 57.6 Å². The Balaban J connectivity index is 2.07. The van der Waals surface area contributed by atoms with E-state index in [-0.39, 0.29) is 17.6 Å². The maximum atomic E-state index is 12.2. The van der Waals surface area contributed by atoms with Crippen LogP contribution in [-0.4, -0.2) is 16.6 Å². The Bertz CT molecular complexity index is 474. The largest absolute Gasteiger partial charge is 0.461 e. The van der Waals surface area contributed by atoms with Crippen LogP contribution in [0, 0.1) is 0 Å². The van der Waals surface area contributed by atoms with Crippen LogP contribution >= 0.6 is 0 Å². The number of pyridine rings is 1. The second kappa shape index (κ2) is 6.55. The molecule has 4 nitrogen and oxygen atoms in total. The molecule has 0 spiro atoms. The molecule has 0 N–H and O–H groups in total. The van der Waals surface area contributed by atoms with Gasteiger partial charge in [0, 0.05) is 12.3 Å². The zero-order valence-electron chi connectivity index (χ0n) is 11.4. The van der Waals surface area contributed by atoms with Gasteiger partial charge in [0.1, 0.15) is 12.1 Å². The molecule has 2 rings (SSSR count). The minimum absolute atomic E-state index is 0.0368. The monoisotopic (exact) mass is 263 g/mol. The van der Waals surface area contributed by atoms with Gasteiger partial charge in [-0.05, 0) is 38.2 Å². The van der Waals surface area contributed by atoms with Crippen LogP contribution in [-0.2, 0) is 9.53 Å². The maximum absolute atomic E-state index is 12.2. The number of aromatic nitrogens is 1. The molecule has 1 aromatic heterocycles. The predicted molar refractivity (Wildman–Crippen MR) is 73.0 cm³/mol. The average Bonchev–Trinajstić information content (AvgIpc) is 2.43. The highest BCUT2D eigenvalue weighted by atomic mass is 16.5. The van der Waals surface area contributed by atoms with Crippen LogP contribution in [0.2, 0.25) is 0 Å². The Hall–Kier alpha value is -1.58. The summed E-state index contributed by atoms with van der Waals surface area (Å²) in [5.41, 5.74) is -0.157. The maximum Gasteiger partial charge on any atom is 0.329 e. The minimum atomic E-state index is -0.504. The van der Waals surface area contributed by atoms with Crippen molar-refractivity contribution >= 4 is 5.97 Å². The van der Waals surface area contributed by atoms with Crippen LogP contribution in [0.1, 0.15) is 51.5 Å². The Kier molecular flexibility index (Phi) is 4.77. The van der Waals surface area contributed by atoms with Crippen molar-refractivity contribution in [2.75, 3.05) is 0 Å². The molecule has 1 aliphatic rings. The average molecular weight is 263 g/mol. The van der Waals surface area contributed by atoms with E-state index in [2.05, 4.69) is 0 Å². The van der Waals surface area contributed by atoms with Crippen LogP contribution in [0.5, 0.6) is 0 Å². The second-order valence-electron chi connectivity index (χ2n) is 5.07. The highest BCUT2D eigenvalue weighted by Gasteiger charge is 2.25. The molecular weight excluding hydrogens is 242 g/mol. The number of carbonyl (C=O) groups is 1. The van der Waals surface area contributed by atoms with E-state index >= 15 is 0 Å². The van der Waals surface area contributed by atoms with E-state index in [1.165, 1.54) is 17.1 Å². The van der Waals surface area contributed by atoms with Crippen molar-refractivity contribution < 1.29 is 9.53 Å². The Morgan fingerprint density at radius 2 is 2.11 bits per heavy atom. The first-order valence-corrected chi connectivity index (χ1v) is 7.10. The van der Waals surface area contributed by atoms with Gasteiger partial charge < -0.3 is 9.30 Å². The van der Waals surface area contributed by atoms with Gasteiger partial charge in [0.15, 0.2) is 0 Å². The van der Waals surface area contributed by atoms with E-state index in [9.17, 15) is 9.59 Å². The van der Waals surface area contributed by atoms with Crippen molar-refractivity contribution in [1.29, 1.82) is 0 Å². The summed E-state index contributed by atoms with van der Waals surface area (Å²) in [7, 11) is 0. The molecule has 0 bridgehead atoms. The molecule has 0 radical (unpaired) electrons. The van der Waals surface area contributed by atoms with E-state index in [0.29, 0.717) is 6.42 Å². The number of rotatable bonds is 4. The van der Waals surface area contributed by atoms with Crippen molar-refractivity contribution in [1.82, 2.24) is 4.57 Å². The van der Waals surface area contributed by atoms with Crippen LogP contribution in [0.25, 0.3) is 0 Å². The molecule has 1 unspecified atom stereocenters. The van der Waals surface area contributed by atoms with Gasteiger partial charge in [0.05, 0.1) is 0 Å². The van der Waals surface area contributed by atoms with Gasteiger partial charge >= 0.3 is 5.97 Å². The first-order valence-electron chi connectivity index (χ1n) is 7.10. The van der Waals surface area contributed by atoms with Crippen LogP contribution in [0.3, 0.4) is 0 Å². The van der Waals surface area contributed by atoms with Crippen LogP contribution < -0.4 is 5.56 Å². The summed E-state index contributed by atoms with van der Waals surface area (Å²) in [5, 5.41) is 0. The fourth-order valence-corrected chi connectivity index (χ4v) is 2.60. The van der Waals surface area contributed by atoms with E-state index in [1.54, 1.807) is 18.3 Å². The van der Waals surface area contributed by atoms with Crippen LogP contribution in [0.15, 0.2) is 29.2 Å². The summed E-state index contributed by atoms with van der Waals surface area (Å²) < 4.78 is 7.02. The van der Waals surface area contributed by atoms with Crippen molar-refractivity contribution in [2.24, 2.45) is 0 Å². The fraction of sp³-hybridized carbons (Fsp3) is 0.600. The third-order valence-corrected chi connectivity index (χ3v) is 3.68. The normalized spacial score (nSPS) is 17.9. The zero-order chi connectivity index (χ0) is 13.7. The van der Waals surface area contributed by atoms with E-state index < -0.39 is 6.04 Å². The summed E-state index contributed by atoms with van der Waals surface area (Å²) in [6, 6.07) is 4.41. The molecule has 0 aliphatic heterocycles. The molecule has 4 heteroatoms. The summed E-state index contributed by atoms with van der Waals surface area (Å²) in [4.78, 5) is 24.0. The number of hydrogen-bond donors (Lipinski definition) is 0.